The summed E-state index contributed by atoms with van der Waals surface area (Å²) in [6.45, 7) is 5.61. The van der Waals surface area contributed by atoms with E-state index in [1.54, 1.807) is 47.7 Å². The molecular formula is C40H54O15. The Labute approximate surface area is 321 Å². The number of rotatable bonds is 16. The van der Waals surface area contributed by atoms with Crippen LogP contribution >= 0.6 is 0 Å². The molecule has 2 aliphatic rings. The Bertz CT molecular complexity index is 1670. The molecule has 2 saturated heterocycles. The highest BCUT2D eigenvalue weighted by Gasteiger charge is 2.45. The number of benzene rings is 3. The molecule has 15 nitrogen and oxygen atoms in total. The van der Waals surface area contributed by atoms with E-state index in [0.717, 1.165) is 16.7 Å². The lowest BCUT2D eigenvalue weighted by atomic mass is 9.85. The van der Waals surface area contributed by atoms with Crippen LogP contribution < -0.4 is 42.6 Å². The normalized spacial score (nSPS) is 26.8. The van der Waals surface area contributed by atoms with E-state index >= 15 is 0 Å². The molecule has 55 heavy (non-hydrogen) atoms. The van der Waals surface area contributed by atoms with E-state index < -0.39 is 43.4 Å². The van der Waals surface area contributed by atoms with Crippen molar-refractivity contribution in [3.05, 3.63) is 53.1 Å². The van der Waals surface area contributed by atoms with Crippen molar-refractivity contribution in [2.24, 2.45) is 11.8 Å². The maximum Gasteiger partial charge on any atom is 0.229 e. The van der Waals surface area contributed by atoms with Crippen molar-refractivity contribution < 1.29 is 72.5 Å². The van der Waals surface area contributed by atoms with Crippen molar-refractivity contribution in [3.63, 3.8) is 0 Å². The fourth-order valence-electron chi connectivity index (χ4n) is 7.19. The SMILES string of the molecule is COc1cc([C@@H]2O[C@H](c3cc(OC)c(OC(C)Cc4cc(OC)c(O[C@@H]5O[C@H](CO)[C@@H](O)[C@H](O)[C@H]5O)c(OC)c4)c(OC)c3)[C@@H](C)[C@@H]2C)cc(OC)c1OC. The van der Waals surface area contributed by atoms with E-state index in [-0.39, 0.29) is 41.3 Å². The molecule has 3 aromatic rings. The highest BCUT2D eigenvalue weighted by atomic mass is 16.7. The van der Waals surface area contributed by atoms with Crippen LogP contribution in [0.5, 0.6) is 51.7 Å². The van der Waals surface area contributed by atoms with Crippen molar-refractivity contribution in [1.82, 2.24) is 0 Å². The van der Waals surface area contributed by atoms with Gasteiger partial charge in [0.2, 0.25) is 23.5 Å². The number of hydrogen-bond acceptors (Lipinski definition) is 15. The zero-order chi connectivity index (χ0) is 40.1. The van der Waals surface area contributed by atoms with Gasteiger partial charge < -0.3 is 72.5 Å². The molecule has 2 fully saturated rings. The lowest BCUT2D eigenvalue weighted by Crippen LogP contribution is -2.60. The lowest BCUT2D eigenvalue weighted by Gasteiger charge is -2.39. The number of ether oxygens (including phenoxy) is 11. The van der Waals surface area contributed by atoms with Crippen LogP contribution in [0.2, 0.25) is 0 Å². The molecule has 2 aliphatic heterocycles. The van der Waals surface area contributed by atoms with E-state index in [2.05, 4.69) is 13.8 Å². The van der Waals surface area contributed by atoms with Crippen molar-refractivity contribution in [3.8, 4) is 51.7 Å². The first-order valence-electron chi connectivity index (χ1n) is 18.0. The van der Waals surface area contributed by atoms with Crippen molar-refractivity contribution in [2.75, 3.05) is 56.4 Å². The maximum absolute atomic E-state index is 10.5. The first-order chi connectivity index (χ1) is 26.4. The number of methoxy groups -OCH3 is 7. The summed E-state index contributed by atoms with van der Waals surface area (Å²) >= 11 is 0. The first-order valence-corrected chi connectivity index (χ1v) is 18.0. The third-order valence-corrected chi connectivity index (χ3v) is 10.3. The van der Waals surface area contributed by atoms with Crippen LogP contribution in [-0.2, 0) is 15.9 Å². The molecular weight excluding hydrogens is 720 g/mol. The molecule has 0 bridgehead atoms. The smallest absolute Gasteiger partial charge is 0.229 e. The Morgan fingerprint density at radius 1 is 0.564 bits per heavy atom. The van der Waals surface area contributed by atoms with Crippen LogP contribution in [-0.4, -0.2) is 114 Å². The van der Waals surface area contributed by atoms with E-state index in [4.69, 9.17) is 52.1 Å². The first kappa shape index (κ1) is 41.8. The van der Waals surface area contributed by atoms with Gasteiger partial charge in [0.25, 0.3) is 0 Å². The van der Waals surface area contributed by atoms with Gasteiger partial charge in [-0.2, -0.15) is 0 Å². The van der Waals surface area contributed by atoms with Gasteiger partial charge in [0.05, 0.1) is 68.6 Å². The zero-order valence-corrected chi connectivity index (χ0v) is 32.9. The van der Waals surface area contributed by atoms with Crippen LogP contribution in [0.3, 0.4) is 0 Å². The van der Waals surface area contributed by atoms with Crippen LogP contribution in [0, 0.1) is 11.8 Å². The second-order valence-electron chi connectivity index (χ2n) is 13.7. The van der Waals surface area contributed by atoms with E-state index in [9.17, 15) is 20.4 Å². The molecule has 10 atom stereocenters. The molecule has 1 unspecified atom stereocenters. The van der Waals surface area contributed by atoms with E-state index in [1.165, 1.54) is 14.2 Å². The average Bonchev–Trinajstić information content (AvgIpc) is 3.50. The largest absolute Gasteiger partial charge is 0.493 e. The molecule has 2 heterocycles. The molecule has 15 heteroatoms. The summed E-state index contributed by atoms with van der Waals surface area (Å²) < 4.78 is 64.4. The Morgan fingerprint density at radius 2 is 1.00 bits per heavy atom. The minimum absolute atomic E-state index is 0.0933. The minimum atomic E-state index is -1.62. The molecule has 0 aromatic heterocycles. The molecule has 5 rings (SSSR count). The average molecular weight is 775 g/mol. The summed E-state index contributed by atoms with van der Waals surface area (Å²) in [5.41, 5.74) is 2.54. The number of aliphatic hydroxyl groups excluding tert-OH is 4. The standard InChI is InChI=1S/C40H54O15/c1-19(11-22-12-25(45-4)39(26(13-22)46-5)55-40-34(44)33(43)32(42)31(18-41)53-40)52-38-29(49-8)16-24(17-30(38)50-9)36-21(3)20(2)35(54-36)23-14-27(47-6)37(51-10)28(15-23)48-7/h12-17,19-21,31-36,40-44H,11,18H2,1-10H3/t19?,20-,21-,31+,32+,33-,34+,35+,36-,40-/m0/s1. The Morgan fingerprint density at radius 3 is 1.42 bits per heavy atom. The molecule has 0 saturated carbocycles. The summed E-state index contributed by atoms with van der Waals surface area (Å²) in [7, 11) is 10.8. The van der Waals surface area contributed by atoms with Crippen molar-refractivity contribution in [2.45, 2.75) is 76.2 Å². The Kier molecular flexibility index (Phi) is 13.7. The van der Waals surface area contributed by atoms with Gasteiger partial charge in [0.15, 0.2) is 34.5 Å². The predicted molar refractivity (Wildman–Crippen MR) is 198 cm³/mol. The molecule has 3 aromatic carbocycles. The molecule has 0 radical (unpaired) electrons. The fraction of sp³-hybridized carbons (Fsp3) is 0.550. The second kappa shape index (κ2) is 18.0. The van der Waals surface area contributed by atoms with Crippen LogP contribution in [0.1, 0.15) is 49.7 Å². The Balaban J connectivity index is 1.36. The quantitative estimate of drug-likeness (QED) is 0.164. The Hall–Kier alpha value is -4.38. The summed E-state index contributed by atoms with van der Waals surface area (Å²) in [6, 6.07) is 11.1. The molecule has 0 spiro atoms. The highest BCUT2D eigenvalue weighted by Crippen LogP contribution is 2.53. The summed E-state index contributed by atoms with van der Waals surface area (Å²) in [5, 5.41) is 40.6. The molecule has 4 N–H and O–H groups in total. The molecule has 304 valence electrons. The highest BCUT2D eigenvalue weighted by molar-refractivity contribution is 5.57. The van der Waals surface area contributed by atoms with E-state index in [1.807, 2.05) is 31.2 Å². The van der Waals surface area contributed by atoms with Crippen molar-refractivity contribution in [1.29, 1.82) is 0 Å². The second-order valence-corrected chi connectivity index (χ2v) is 13.7. The molecule has 0 aliphatic carbocycles. The number of aliphatic hydroxyl groups is 4. The third kappa shape index (κ3) is 8.42. The van der Waals surface area contributed by atoms with Gasteiger partial charge >= 0.3 is 0 Å². The lowest BCUT2D eigenvalue weighted by molar-refractivity contribution is -0.277. The summed E-state index contributed by atoms with van der Waals surface area (Å²) in [4.78, 5) is 0. The predicted octanol–water partition coefficient (Wildman–Crippen LogP) is 4.02. The van der Waals surface area contributed by atoms with Crippen LogP contribution in [0.15, 0.2) is 36.4 Å². The van der Waals surface area contributed by atoms with Crippen LogP contribution in [0.4, 0.5) is 0 Å². The van der Waals surface area contributed by atoms with Crippen LogP contribution in [0.25, 0.3) is 0 Å². The van der Waals surface area contributed by atoms with Gasteiger partial charge in [0, 0.05) is 6.42 Å². The zero-order valence-electron chi connectivity index (χ0n) is 32.9. The van der Waals surface area contributed by atoms with Gasteiger partial charge in [-0.05, 0) is 71.8 Å². The molecule has 0 amide bonds. The topological polar surface area (TPSA) is 182 Å². The third-order valence-electron chi connectivity index (χ3n) is 10.3. The number of hydrogen-bond donors (Lipinski definition) is 4. The fourth-order valence-corrected chi connectivity index (χ4v) is 7.19. The van der Waals surface area contributed by atoms with E-state index in [0.29, 0.717) is 40.9 Å². The van der Waals surface area contributed by atoms with Gasteiger partial charge in [-0.3, -0.25) is 0 Å². The summed E-state index contributed by atoms with van der Waals surface area (Å²) in [5.74, 6) is 3.82. The maximum atomic E-state index is 10.5. The monoisotopic (exact) mass is 774 g/mol. The van der Waals surface area contributed by atoms with Gasteiger partial charge in [-0.1, -0.05) is 13.8 Å². The van der Waals surface area contributed by atoms with Gasteiger partial charge in [-0.25, -0.2) is 0 Å². The summed E-state index contributed by atoms with van der Waals surface area (Å²) in [6.07, 6.45) is -7.93. The van der Waals surface area contributed by atoms with Crippen molar-refractivity contribution >= 4 is 0 Å². The van der Waals surface area contributed by atoms with Gasteiger partial charge in [-0.15, -0.1) is 0 Å². The minimum Gasteiger partial charge on any atom is -0.493 e. The van der Waals surface area contributed by atoms with Gasteiger partial charge in [0.1, 0.15) is 30.5 Å².